The zero-order valence-electron chi connectivity index (χ0n) is 61.6. The Bertz CT molecular complexity index is 1850. The first-order chi connectivity index (χ1) is 45.1. The number of carbonyl (C=O) groups is 4. The molecule has 17 nitrogen and oxygen atoms in total. The van der Waals surface area contributed by atoms with Gasteiger partial charge in [0.25, 0.3) is 0 Å². The third-order valence-electron chi connectivity index (χ3n) is 17.7. The molecule has 0 fully saturated rings. The smallest absolute Gasteiger partial charge is 0.462 e. The molecule has 19 heteroatoms. The predicted octanol–water partition coefficient (Wildman–Crippen LogP) is 21.7. The fraction of sp³-hybridized carbons (Fsp3) is 0.947. The van der Waals surface area contributed by atoms with Crippen molar-refractivity contribution in [2.75, 3.05) is 39.6 Å². The average molecular weight is 1380 g/mol. The van der Waals surface area contributed by atoms with Gasteiger partial charge in [-0.05, 0) is 49.4 Å². The van der Waals surface area contributed by atoms with Crippen LogP contribution in [0.2, 0.25) is 0 Å². The highest BCUT2D eigenvalue weighted by Crippen LogP contribution is 2.45. The molecular formula is C75H146O17P2. The summed E-state index contributed by atoms with van der Waals surface area (Å²) in [6.07, 6.45) is 48.6. The number of aliphatic hydroxyl groups is 1. The molecule has 0 aromatic carbocycles. The molecule has 0 amide bonds. The largest absolute Gasteiger partial charge is 0.472 e. The molecule has 0 bridgehead atoms. The molecule has 0 saturated heterocycles. The van der Waals surface area contributed by atoms with Gasteiger partial charge in [0, 0.05) is 25.7 Å². The number of esters is 4. The van der Waals surface area contributed by atoms with Crippen LogP contribution in [0, 0.1) is 23.7 Å². The predicted molar refractivity (Wildman–Crippen MR) is 381 cm³/mol. The van der Waals surface area contributed by atoms with E-state index in [1.54, 1.807) is 0 Å². The summed E-state index contributed by atoms with van der Waals surface area (Å²) in [5.74, 6) is 0.911. The maximum atomic E-state index is 13.1. The van der Waals surface area contributed by atoms with E-state index in [4.69, 9.17) is 37.0 Å². The number of hydrogen-bond donors (Lipinski definition) is 3. The van der Waals surface area contributed by atoms with Gasteiger partial charge in [0.15, 0.2) is 12.2 Å². The van der Waals surface area contributed by atoms with E-state index in [1.165, 1.54) is 173 Å². The minimum Gasteiger partial charge on any atom is -0.462 e. The molecule has 558 valence electrons. The van der Waals surface area contributed by atoms with Crippen molar-refractivity contribution in [3.05, 3.63) is 0 Å². The Balaban J connectivity index is 5.24. The van der Waals surface area contributed by atoms with E-state index in [1.807, 2.05) is 0 Å². The average Bonchev–Trinajstić information content (AvgIpc) is 1.06. The molecule has 0 rings (SSSR count). The number of rotatable bonds is 72. The summed E-state index contributed by atoms with van der Waals surface area (Å²) in [6.45, 7) is 14.2. The second-order valence-electron chi connectivity index (χ2n) is 28.7. The summed E-state index contributed by atoms with van der Waals surface area (Å²) in [5.41, 5.74) is 0. The summed E-state index contributed by atoms with van der Waals surface area (Å²) in [5, 5.41) is 10.6. The van der Waals surface area contributed by atoms with Crippen molar-refractivity contribution in [2.45, 2.75) is 395 Å². The molecule has 0 aliphatic rings. The van der Waals surface area contributed by atoms with E-state index in [0.29, 0.717) is 25.7 Å². The van der Waals surface area contributed by atoms with Gasteiger partial charge in [-0.25, -0.2) is 9.13 Å². The van der Waals surface area contributed by atoms with Gasteiger partial charge < -0.3 is 33.8 Å². The van der Waals surface area contributed by atoms with E-state index in [0.717, 1.165) is 120 Å². The molecule has 6 atom stereocenters. The number of hydrogen-bond acceptors (Lipinski definition) is 15. The van der Waals surface area contributed by atoms with Gasteiger partial charge in [-0.2, -0.15) is 0 Å². The lowest BCUT2D eigenvalue weighted by atomic mass is 10.00. The van der Waals surface area contributed by atoms with Crippen LogP contribution < -0.4 is 0 Å². The first-order valence-electron chi connectivity index (χ1n) is 38.7. The highest BCUT2D eigenvalue weighted by Gasteiger charge is 2.30. The lowest BCUT2D eigenvalue weighted by molar-refractivity contribution is -0.161. The first-order valence-corrected chi connectivity index (χ1v) is 41.7. The lowest BCUT2D eigenvalue weighted by Crippen LogP contribution is -2.30. The van der Waals surface area contributed by atoms with Crippen molar-refractivity contribution in [1.29, 1.82) is 0 Å². The fourth-order valence-electron chi connectivity index (χ4n) is 11.3. The molecule has 0 radical (unpaired) electrons. The van der Waals surface area contributed by atoms with Crippen LogP contribution >= 0.6 is 15.6 Å². The van der Waals surface area contributed by atoms with E-state index in [-0.39, 0.29) is 25.7 Å². The van der Waals surface area contributed by atoms with Crippen molar-refractivity contribution >= 4 is 39.5 Å². The van der Waals surface area contributed by atoms with Crippen molar-refractivity contribution in [1.82, 2.24) is 0 Å². The molecule has 0 aliphatic heterocycles. The SMILES string of the molecule is CCC(C)CCCCCCCCC(=O)OC[C@H](COP(=O)(O)OC[C@H](O)COP(=O)(O)OC[C@@H](COC(=O)CCCCCCCCCCCCCCCCC(C)C)OC(=O)CCCCCCCCCCCCCCCC(C)C)OC(=O)CCCCCCCCCCC(C)C. The zero-order valence-corrected chi connectivity index (χ0v) is 63.4. The van der Waals surface area contributed by atoms with Crippen LogP contribution in [0.5, 0.6) is 0 Å². The van der Waals surface area contributed by atoms with Crippen LogP contribution in [0.1, 0.15) is 376 Å². The Morgan fingerprint density at radius 1 is 0.298 bits per heavy atom. The van der Waals surface area contributed by atoms with E-state index < -0.39 is 97.5 Å². The number of ether oxygens (including phenoxy) is 4. The summed E-state index contributed by atoms with van der Waals surface area (Å²) in [7, 11) is -9.91. The fourth-order valence-corrected chi connectivity index (χ4v) is 12.9. The number of aliphatic hydroxyl groups excluding tert-OH is 1. The Kier molecular flexibility index (Phi) is 63.1. The van der Waals surface area contributed by atoms with Crippen molar-refractivity contribution in [3.8, 4) is 0 Å². The van der Waals surface area contributed by atoms with Gasteiger partial charge in [0.1, 0.15) is 19.3 Å². The van der Waals surface area contributed by atoms with E-state index in [9.17, 15) is 43.2 Å². The Labute approximate surface area is 575 Å². The van der Waals surface area contributed by atoms with Gasteiger partial charge in [-0.3, -0.25) is 37.3 Å². The third-order valence-corrected chi connectivity index (χ3v) is 19.6. The highest BCUT2D eigenvalue weighted by atomic mass is 31.2. The normalized spacial score (nSPS) is 14.4. The number of phosphoric ester groups is 2. The lowest BCUT2D eigenvalue weighted by Gasteiger charge is -2.21. The van der Waals surface area contributed by atoms with Crippen LogP contribution in [0.15, 0.2) is 0 Å². The molecule has 3 N–H and O–H groups in total. The Morgan fingerprint density at radius 3 is 0.755 bits per heavy atom. The molecule has 0 heterocycles. The molecular weight excluding hydrogens is 1230 g/mol. The topological polar surface area (TPSA) is 237 Å². The third kappa shape index (κ3) is 67.3. The highest BCUT2D eigenvalue weighted by molar-refractivity contribution is 7.47. The van der Waals surface area contributed by atoms with Gasteiger partial charge in [-0.15, -0.1) is 0 Å². The van der Waals surface area contributed by atoms with Gasteiger partial charge in [0.05, 0.1) is 26.4 Å². The first kappa shape index (κ1) is 92.1. The monoisotopic (exact) mass is 1380 g/mol. The summed E-state index contributed by atoms with van der Waals surface area (Å²) < 4.78 is 68.5. The zero-order chi connectivity index (χ0) is 69.6. The molecule has 3 unspecified atom stereocenters. The van der Waals surface area contributed by atoms with Gasteiger partial charge >= 0.3 is 39.5 Å². The molecule has 0 aliphatic carbocycles. The van der Waals surface area contributed by atoms with E-state index >= 15 is 0 Å². The standard InChI is InChI=1S/C75H146O17P2/c1-9-68(8)54-46-38-33-34-40-48-56-73(78)86-62-71(92-75(80)58-50-42-32-26-25-29-37-45-53-67(6)7)64-90-94(83,84)88-60-69(76)59-87-93(81,82)89-63-70(91-74(79)57-49-41-31-24-20-16-12-14-18-22-28-36-44-52-66(4)5)61-85-72(77)55-47-39-30-23-19-15-11-10-13-17-21-27-35-43-51-65(2)3/h65-71,76H,9-64H2,1-8H3,(H,81,82)(H,83,84)/t68?,69-,70-,71-/m1/s1. The minimum atomic E-state index is -4.96. The van der Waals surface area contributed by atoms with Gasteiger partial charge in [-0.1, -0.05) is 325 Å². The summed E-state index contributed by atoms with van der Waals surface area (Å²) in [6, 6.07) is 0. The van der Waals surface area contributed by atoms with Gasteiger partial charge in [0.2, 0.25) is 0 Å². The van der Waals surface area contributed by atoms with Crippen molar-refractivity contribution < 1.29 is 80.2 Å². The Hall–Kier alpha value is -1.94. The second kappa shape index (κ2) is 64.4. The maximum Gasteiger partial charge on any atom is 0.472 e. The van der Waals surface area contributed by atoms with Crippen LogP contribution in [-0.2, 0) is 65.4 Å². The van der Waals surface area contributed by atoms with Crippen molar-refractivity contribution in [2.24, 2.45) is 23.7 Å². The maximum absolute atomic E-state index is 13.1. The molecule has 0 saturated carbocycles. The quantitative estimate of drug-likeness (QED) is 0.0222. The Morgan fingerprint density at radius 2 is 0.511 bits per heavy atom. The molecule has 0 spiro atoms. The second-order valence-corrected chi connectivity index (χ2v) is 31.6. The molecule has 94 heavy (non-hydrogen) atoms. The van der Waals surface area contributed by atoms with Crippen LogP contribution in [-0.4, -0.2) is 96.7 Å². The van der Waals surface area contributed by atoms with Crippen molar-refractivity contribution in [3.63, 3.8) is 0 Å². The minimum absolute atomic E-state index is 0.103. The number of phosphoric acid groups is 2. The molecule has 0 aromatic heterocycles. The summed E-state index contributed by atoms with van der Waals surface area (Å²) in [4.78, 5) is 72.7. The number of unbranched alkanes of at least 4 members (excludes halogenated alkanes) is 37. The van der Waals surface area contributed by atoms with Crippen LogP contribution in [0.25, 0.3) is 0 Å². The van der Waals surface area contributed by atoms with Crippen LogP contribution in [0.3, 0.4) is 0 Å². The summed E-state index contributed by atoms with van der Waals surface area (Å²) >= 11 is 0. The molecule has 0 aromatic rings. The van der Waals surface area contributed by atoms with Crippen LogP contribution in [0.4, 0.5) is 0 Å². The number of carbonyl (C=O) groups excluding carboxylic acids is 4. The van der Waals surface area contributed by atoms with E-state index in [2.05, 4.69) is 55.4 Å².